The van der Waals surface area contributed by atoms with E-state index in [1.54, 1.807) is 0 Å². The lowest BCUT2D eigenvalue weighted by Crippen LogP contribution is -2.22. The number of rotatable bonds is 8. The fraction of sp³-hybridized carbons (Fsp3) is 0.444. The summed E-state index contributed by atoms with van der Waals surface area (Å²) >= 11 is 0. The Morgan fingerprint density at radius 3 is 2.60 bits per heavy atom. The summed E-state index contributed by atoms with van der Waals surface area (Å²) in [5, 5.41) is 16.0. The molecule has 0 aliphatic rings. The average molecular weight is 271 g/mol. The zero-order valence-electron chi connectivity index (χ0n) is 12.3. The largest absolute Gasteiger partial charge is 0.387 e. The Kier molecular flexibility index (Phi) is 6.03. The Hall–Kier alpha value is -1.38. The Morgan fingerprint density at radius 2 is 1.80 bits per heavy atom. The highest BCUT2D eigenvalue weighted by Gasteiger charge is 2.07. The van der Waals surface area contributed by atoms with Gasteiger partial charge >= 0.3 is 0 Å². The molecule has 0 bridgehead atoms. The van der Waals surface area contributed by atoms with E-state index in [9.17, 15) is 5.11 Å². The van der Waals surface area contributed by atoms with Crippen LogP contribution in [0.5, 0.6) is 0 Å². The second kappa shape index (κ2) is 8.03. The number of benzene rings is 2. The normalized spacial score (nSPS) is 12.7. The van der Waals surface area contributed by atoms with Crippen molar-refractivity contribution in [1.82, 2.24) is 5.32 Å². The monoisotopic (exact) mass is 271 g/mol. The highest BCUT2D eigenvalue weighted by Crippen LogP contribution is 2.20. The van der Waals surface area contributed by atoms with Gasteiger partial charge in [-0.15, -0.1) is 0 Å². The van der Waals surface area contributed by atoms with E-state index in [0.29, 0.717) is 6.54 Å². The van der Waals surface area contributed by atoms with Crippen LogP contribution in [0.2, 0.25) is 0 Å². The lowest BCUT2D eigenvalue weighted by Gasteiger charge is -2.13. The van der Waals surface area contributed by atoms with Gasteiger partial charge in [-0.2, -0.15) is 0 Å². The maximum absolute atomic E-state index is 10.2. The average Bonchev–Trinajstić information content (AvgIpc) is 2.50. The molecule has 0 spiro atoms. The minimum Gasteiger partial charge on any atom is -0.387 e. The third-order valence-electron chi connectivity index (χ3n) is 3.70. The highest BCUT2D eigenvalue weighted by molar-refractivity contribution is 5.83. The Morgan fingerprint density at radius 1 is 1.00 bits per heavy atom. The topological polar surface area (TPSA) is 32.3 Å². The predicted molar refractivity (Wildman–Crippen MR) is 85.9 cm³/mol. The molecule has 0 saturated carbocycles. The van der Waals surface area contributed by atoms with Crippen LogP contribution in [0.15, 0.2) is 42.5 Å². The smallest absolute Gasteiger partial charge is 0.0914 e. The molecule has 2 aromatic carbocycles. The van der Waals surface area contributed by atoms with E-state index >= 15 is 0 Å². The lowest BCUT2D eigenvalue weighted by molar-refractivity contribution is 0.175. The van der Waals surface area contributed by atoms with Gasteiger partial charge in [0, 0.05) is 6.54 Å². The number of unbranched alkanes of at least 4 members (excludes halogenated alkanes) is 3. The summed E-state index contributed by atoms with van der Waals surface area (Å²) in [4.78, 5) is 0. The number of aliphatic hydroxyl groups is 1. The van der Waals surface area contributed by atoms with Gasteiger partial charge in [0.25, 0.3) is 0 Å². The summed E-state index contributed by atoms with van der Waals surface area (Å²) in [7, 11) is 0. The van der Waals surface area contributed by atoms with Gasteiger partial charge in [-0.3, -0.25) is 0 Å². The standard InChI is InChI=1S/C18H25NO/c1-2-3-4-7-12-19-14-18(20)17-11-10-15-8-5-6-9-16(15)13-17/h5-6,8-11,13,18-20H,2-4,7,12,14H2,1H3. The van der Waals surface area contributed by atoms with Crippen molar-refractivity contribution in [3.8, 4) is 0 Å². The zero-order chi connectivity index (χ0) is 14.2. The number of fused-ring (bicyclic) bond motifs is 1. The van der Waals surface area contributed by atoms with Gasteiger partial charge in [0.05, 0.1) is 6.10 Å². The van der Waals surface area contributed by atoms with Crippen LogP contribution in [-0.4, -0.2) is 18.2 Å². The molecular formula is C18H25NO. The maximum atomic E-state index is 10.2. The molecule has 1 atom stereocenters. The Labute approximate surface area is 121 Å². The summed E-state index contributed by atoms with van der Waals surface area (Å²) in [6.45, 7) is 3.84. The van der Waals surface area contributed by atoms with Gasteiger partial charge in [0.15, 0.2) is 0 Å². The van der Waals surface area contributed by atoms with E-state index in [4.69, 9.17) is 0 Å². The van der Waals surface area contributed by atoms with E-state index < -0.39 is 6.10 Å². The summed E-state index contributed by atoms with van der Waals surface area (Å²) in [5.41, 5.74) is 0.991. The van der Waals surface area contributed by atoms with E-state index in [2.05, 4.69) is 36.5 Å². The SMILES string of the molecule is CCCCCCNCC(O)c1ccc2ccccc2c1. The van der Waals surface area contributed by atoms with Crippen molar-refractivity contribution < 1.29 is 5.11 Å². The number of nitrogens with one attached hydrogen (secondary N) is 1. The van der Waals surface area contributed by atoms with E-state index in [-0.39, 0.29) is 0 Å². The minimum absolute atomic E-state index is 0.425. The Balaban J connectivity index is 1.83. The van der Waals surface area contributed by atoms with Crippen LogP contribution in [0, 0.1) is 0 Å². The molecule has 2 heteroatoms. The molecule has 0 fully saturated rings. The molecule has 0 radical (unpaired) electrons. The molecule has 2 aromatic rings. The molecule has 0 aromatic heterocycles. The van der Waals surface area contributed by atoms with Crippen LogP contribution < -0.4 is 5.32 Å². The molecule has 108 valence electrons. The number of aliphatic hydroxyl groups excluding tert-OH is 1. The Bertz CT molecular complexity index is 524. The fourth-order valence-electron chi connectivity index (χ4n) is 2.45. The molecule has 1 unspecified atom stereocenters. The molecule has 0 amide bonds. The molecule has 0 aliphatic heterocycles. The first-order chi connectivity index (χ1) is 9.81. The van der Waals surface area contributed by atoms with Crippen molar-refractivity contribution >= 4 is 10.8 Å². The van der Waals surface area contributed by atoms with E-state index in [0.717, 1.165) is 12.1 Å². The molecule has 0 heterocycles. The van der Waals surface area contributed by atoms with Crippen LogP contribution in [0.3, 0.4) is 0 Å². The quantitative estimate of drug-likeness (QED) is 0.710. The second-order valence-corrected chi connectivity index (χ2v) is 5.39. The van der Waals surface area contributed by atoms with Crippen molar-refractivity contribution in [2.75, 3.05) is 13.1 Å². The highest BCUT2D eigenvalue weighted by atomic mass is 16.3. The molecule has 0 aliphatic carbocycles. The predicted octanol–water partition coefficient (Wildman–Crippen LogP) is 4.04. The zero-order valence-corrected chi connectivity index (χ0v) is 12.3. The van der Waals surface area contributed by atoms with Crippen molar-refractivity contribution in [3.05, 3.63) is 48.0 Å². The number of hydrogen-bond donors (Lipinski definition) is 2. The van der Waals surface area contributed by atoms with Crippen molar-refractivity contribution in [3.63, 3.8) is 0 Å². The van der Waals surface area contributed by atoms with Crippen molar-refractivity contribution in [2.45, 2.75) is 38.7 Å². The first kappa shape index (κ1) is 15.0. The van der Waals surface area contributed by atoms with Crippen LogP contribution in [-0.2, 0) is 0 Å². The molecule has 20 heavy (non-hydrogen) atoms. The van der Waals surface area contributed by atoms with E-state index in [1.807, 2.05) is 18.2 Å². The van der Waals surface area contributed by atoms with Gasteiger partial charge in [-0.05, 0) is 35.4 Å². The van der Waals surface area contributed by atoms with Crippen molar-refractivity contribution in [2.24, 2.45) is 0 Å². The van der Waals surface area contributed by atoms with Gasteiger partial charge in [0.2, 0.25) is 0 Å². The third-order valence-corrected chi connectivity index (χ3v) is 3.70. The third kappa shape index (κ3) is 4.32. The van der Waals surface area contributed by atoms with Gasteiger partial charge in [-0.25, -0.2) is 0 Å². The van der Waals surface area contributed by atoms with Crippen LogP contribution >= 0.6 is 0 Å². The second-order valence-electron chi connectivity index (χ2n) is 5.39. The lowest BCUT2D eigenvalue weighted by atomic mass is 10.0. The first-order valence-corrected chi connectivity index (χ1v) is 7.68. The fourth-order valence-corrected chi connectivity index (χ4v) is 2.45. The minimum atomic E-state index is -0.425. The molecule has 2 rings (SSSR count). The molecular weight excluding hydrogens is 246 g/mol. The summed E-state index contributed by atoms with van der Waals surface area (Å²) in [6, 6.07) is 14.4. The van der Waals surface area contributed by atoms with Crippen molar-refractivity contribution in [1.29, 1.82) is 0 Å². The van der Waals surface area contributed by atoms with Crippen LogP contribution in [0.25, 0.3) is 10.8 Å². The van der Waals surface area contributed by atoms with Crippen LogP contribution in [0.4, 0.5) is 0 Å². The first-order valence-electron chi connectivity index (χ1n) is 7.68. The van der Waals surface area contributed by atoms with E-state index in [1.165, 1.54) is 36.5 Å². The number of hydrogen-bond acceptors (Lipinski definition) is 2. The summed E-state index contributed by atoms with van der Waals surface area (Å²) in [5.74, 6) is 0. The summed E-state index contributed by atoms with van der Waals surface area (Å²) < 4.78 is 0. The summed E-state index contributed by atoms with van der Waals surface area (Å²) in [6.07, 6.45) is 4.61. The molecule has 2 N–H and O–H groups in total. The molecule has 0 saturated heterocycles. The maximum Gasteiger partial charge on any atom is 0.0914 e. The van der Waals surface area contributed by atoms with Crippen LogP contribution in [0.1, 0.15) is 44.3 Å². The molecule has 2 nitrogen and oxygen atoms in total. The van der Waals surface area contributed by atoms with Gasteiger partial charge < -0.3 is 10.4 Å². The van der Waals surface area contributed by atoms with Gasteiger partial charge in [0.1, 0.15) is 0 Å². The van der Waals surface area contributed by atoms with Gasteiger partial charge in [-0.1, -0.05) is 62.6 Å².